The van der Waals surface area contributed by atoms with Gasteiger partial charge in [-0.25, -0.2) is 4.98 Å². The van der Waals surface area contributed by atoms with Crippen LogP contribution in [0.5, 0.6) is 11.5 Å². The molecule has 2 heterocycles. The Bertz CT molecular complexity index is 828. The average Bonchev–Trinajstić information content (AvgIpc) is 3.04. The van der Waals surface area contributed by atoms with Gasteiger partial charge in [-0.2, -0.15) is 0 Å². The molecule has 0 saturated heterocycles. The zero-order valence-corrected chi connectivity index (χ0v) is 11.8. The van der Waals surface area contributed by atoms with E-state index >= 15 is 0 Å². The first-order valence-electron chi connectivity index (χ1n) is 7.01. The molecule has 0 spiro atoms. The fourth-order valence-corrected chi connectivity index (χ4v) is 2.41. The van der Waals surface area contributed by atoms with Gasteiger partial charge < -0.3 is 13.9 Å². The van der Waals surface area contributed by atoms with E-state index in [0.29, 0.717) is 24.6 Å². The molecule has 4 nitrogen and oxygen atoms in total. The number of benzene rings is 2. The van der Waals surface area contributed by atoms with Crippen LogP contribution in [0.15, 0.2) is 53.1 Å². The Hall–Kier alpha value is -2.69. The van der Waals surface area contributed by atoms with Crippen molar-refractivity contribution in [1.29, 1.82) is 0 Å². The average molecular weight is 289 g/mol. The van der Waals surface area contributed by atoms with Crippen molar-refractivity contribution in [1.82, 2.24) is 4.98 Å². The molecule has 5 heteroatoms. The number of rotatable bonds is 2. The molecule has 1 aliphatic rings. The highest BCUT2D eigenvalue weighted by atomic mass is 16.6. The van der Waals surface area contributed by atoms with E-state index in [1.807, 2.05) is 42.5 Å². The SMILES string of the molecule is [B]c1cccc(-c2nc(-c3ccc4c(c3)OCCO4)co2)c1. The van der Waals surface area contributed by atoms with E-state index in [9.17, 15) is 0 Å². The van der Waals surface area contributed by atoms with Crippen molar-refractivity contribution in [3.05, 3.63) is 48.7 Å². The summed E-state index contributed by atoms with van der Waals surface area (Å²) in [6.45, 7) is 1.14. The summed E-state index contributed by atoms with van der Waals surface area (Å²) < 4.78 is 16.7. The Morgan fingerprint density at radius 2 is 1.77 bits per heavy atom. The number of oxazole rings is 1. The van der Waals surface area contributed by atoms with Gasteiger partial charge in [0.2, 0.25) is 5.89 Å². The van der Waals surface area contributed by atoms with Gasteiger partial charge in [0, 0.05) is 11.1 Å². The van der Waals surface area contributed by atoms with Crippen molar-refractivity contribution in [2.45, 2.75) is 0 Å². The van der Waals surface area contributed by atoms with Gasteiger partial charge in [0.15, 0.2) is 11.5 Å². The molecule has 1 aromatic heterocycles. The number of ether oxygens (including phenoxy) is 2. The van der Waals surface area contributed by atoms with Gasteiger partial charge in [-0.05, 0) is 24.3 Å². The molecule has 0 aliphatic carbocycles. The smallest absolute Gasteiger partial charge is 0.226 e. The van der Waals surface area contributed by atoms with Crippen molar-refractivity contribution in [2.24, 2.45) is 0 Å². The first kappa shape index (κ1) is 13.0. The topological polar surface area (TPSA) is 44.5 Å². The minimum atomic E-state index is 0.539. The highest BCUT2D eigenvalue weighted by molar-refractivity contribution is 6.32. The summed E-state index contributed by atoms with van der Waals surface area (Å²) in [7, 11) is 5.79. The monoisotopic (exact) mass is 289 g/mol. The number of hydrogen-bond donors (Lipinski definition) is 0. The summed E-state index contributed by atoms with van der Waals surface area (Å²) in [6, 6.07) is 13.2. The molecule has 2 aromatic carbocycles. The molecule has 0 amide bonds. The predicted octanol–water partition coefficient (Wildman–Crippen LogP) is 2.57. The molecule has 0 atom stereocenters. The van der Waals surface area contributed by atoms with Crippen molar-refractivity contribution in [2.75, 3.05) is 13.2 Å². The fourth-order valence-electron chi connectivity index (χ4n) is 2.41. The van der Waals surface area contributed by atoms with E-state index in [4.69, 9.17) is 21.7 Å². The van der Waals surface area contributed by atoms with Gasteiger partial charge in [-0.3, -0.25) is 0 Å². The maximum atomic E-state index is 5.79. The lowest BCUT2D eigenvalue weighted by Crippen LogP contribution is -2.15. The van der Waals surface area contributed by atoms with Crippen molar-refractivity contribution in [3.63, 3.8) is 0 Å². The number of fused-ring (bicyclic) bond motifs is 1. The molecular formula is C17H12BNO3. The second-order valence-electron chi connectivity index (χ2n) is 5.02. The molecule has 2 radical (unpaired) electrons. The van der Waals surface area contributed by atoms with Crippen LogP contribution >= 0.6 is 0 Å². The van der Waals surface area contributed by atoms with Crippen LogP contribution in [0.4, 0.5) is 0 Å². The fraction of sp³-hybridized carbons (Fsp3) is 0.118. The highest BCUT2D eigenvalue weighted by Crippen LogP contribution is 2.34. The van der Waals surface area contributed by atoms with E-state index in [0.717, 1.165) is 28.3 Å². The summed E-state index contributed by atoms with van der Waals surface area (Å²) >= 11 is 0. The normalized spacial score (nSPS) is 13.1. The largest absolute Gasteiger partial charge is 0.486 e. The Morgan fingerprint density at radius 3 is 2.64 bits per heavy atom. The third kappa shape index (κ3) is 2.35. The van der Waals surface area contributed by atoms with E-state index in [-0.39, 0.29) is 0 Å². The van der Waals surface area contributed by atoms with Gasteiger partial charge in [-0.15, -0.1) is 0 Å². The van der Waals surface area contributed by atoms with Crippen LogP contribution in [-0.4, -0.2) is 26.0 Å². The molecule has 1 aliphatic heterocycles. The van der Waals surface area contributed by atoms with Crippen LogP contribution in [0.3, 0.4) is 0 Å². The minimum Gasteiger partial charge on any atom is -0.486 e. The van der Waals surface area contributed by atoms with Crippen LogP contribution in [0.25, 0.3) is 22.7 Å². The van der Waals surface area contributed by atoms with Crippen LogP contribution in [0.1, 0.15) is 0 Å². The minimum absolute atomic E-state index is 0.539. The third-order valence-electron chi connectivity index (χ3n) is 3.48. The summed E-state index contributed by atoms with van der Waals surface area (Å²) in [6.07, 6.45) is 1.63. The van der Waals surface area contributed by atoms with Crippen molar-refractivity contribution in [3.8, 4) is 34.2 Å². The van der Waals surface area contributed by atoms with Gasteiger partial charge in [0.25, 0.3) is 0 Å². The first-order valence-corrected chi connectivity index (χ1v) is 7.01. The maximum absolute atomic E-state index is 5.79. The molecule has 3 aromatic rings. The second kappa shape index (κ2) is 5.26. The predicted molar refractivity (Wildman–Crippen MR) is 83.8 cm³/mol. The van der Waals surface area contributed by atoms with Gasteiger partial charge >= 0.3 is 0 Å². The molecule has 4 rings (SSSR count). The molecule has 0 N–H and O–H groups in total. The van der Waals surface area contributed by atoms with Crippen LogP contribution in [0.2, 0.25) is 0 Å². The van der Waals surface area contributed by atoms with Gasteiger partial charge in [0.1, 0.15) is 33.0 Å². The molecule has 106 valence electrons. The van der Waals surface area contributed by atoms with Crippen LogP contribution in [-0.2, 0) is 0 Å². The lowest BCUT2D eigenvalue weighted by atomic mass is 9.94. The molecule has 0 bridgehead atoms. The molecule has 0 fully saturated rings. The molecule has 22 heavy (non-hydrogen) atoms. The second-order valence-corrected chi connectivity index (χ2v) is 5.02. The summed E-state index contributed by atoms with van der Waals surface area (Å²) in [5.41, 5.74) is 3.19. The molecule has 0 unspecified atom stereocenters. The lowest BCUT2D eigenvalue weighted by Gasteiger charge is -2.18. The first-order chi connectivity index (χ1) is 10.8. The Kier molecular flexibility index (Phi) is 3.11. The van der Waals surface area contributed by atoms with Gasteiger partial charge in [0.05, 0.1) is 0 Å². The number of hydrogen-bond acceptors (Lipinski definition) is 4. The van der Waals surface area contributed by atoms with E-state index < -0.39 is 0 Å². The molecular weight excluding hydrogens is 277 g/mol. The number of aromatic nitrogens is 1. The van der Waals surface area contributed by atoms with Gasteiger partial charge in [-0.1, -0.05) is 23.7 Å². The van der Waals surface area contributed by atoms with Crippen LogP contribution in [0, 0.1) is 0 Å². The number of nitrogens with zero attached hydrogens (tertiary/aromatic N) is 1. The summed E-state index contributed by atoms with van der Waals surface area (Å²) in [5, 5.41) is 0. The summed E-state index contributed by atoms with van der Waals surface area (Å²) in [5.74, 6) is 2.03. The third-order valence-corrected chi connectivity index (χ3v) is 3.48. The Labute approximate surface area is 129 Å². The zero-order chi connectivity index (χ0) is 14.9. The quantitative estimate of drug-likeness (QED) is 0.680. The van der Waals surface area contributed by atoms with Crippen molar-refractivity contribution >= 4 is 13.3 Å². The maximum Gasteiger partial charge on any atom is 0.226 e. The lowest BCUT2D eigenvalue weighted by molar-refractivity contribution is 0.171. The molecule has 0 saturated carbocycles. The van der Waals surface area contributed by atoms with Crippen molar-refractivity contribution < 1.29 is 13.9 Å². The van der Waals surface area contributed by atoms with E-state index in [1.54, 1.807) is 6.26 Å². The van der Waals surface area contributed by atoms with E-state index in [2.05, 4.69) is 4.98 Å². The highest BCUT2D eigenvalue weighted by Gasteiger charge is 2.14. The van der Waals surface area contributed by atoms with E-state index in [1.165, 1.54) is 0 Å². The zero-order valence-electron chi connectivity index (χ0n) is 11.8. The standard InChI is InChI=1S/C17H12BNO3/c18-13-3-1-2-12(8-13)17-19-14(10-22-17)11-4-5-15-16(9-11)21-7-6-20-15/h1-5,8-10H,6-7H2. The van der Waals surface area contributed by atoms with Crippen LogP contribution < -0.4 is 14.9 Å². The summed E-state index contributed by atoms with van der Waals surface area (Å²) in [4.78, 5) is 4.52. The Balaban J connectivity index is 1.69. The Morgan fingerprint density at radius 1 is 0.909 bits per heavy atom.